The van der Waals surface area contributed by atoms with E-state index in [1.807, 2.05) is 5.38 Å². The minimum Gasteiger partial charge on any atom is -0.327 e. The average Bonchev–Trinajstić information content (AvgIpc) is 3.18. The molecule has 0 aliphatic carbocycles. The topological polar surface area (TPSA) is 71.7 Å². The van der Waals surface area contributed by atoms with Gasteiger partial charge in [-0.3, -0.25) is 4.79 Å². The molecule has 1 aliphatic heterocycles. The van der Waals surface area contributed by atoms with Crippen molar-refractivity contribution in [3.63, 3.8) is 0 Å². The molecular formula is C14H17N3O3S3. The van der Waals surface area contributed by atoms with Gasteiger partial charge in [-0.25, -0.2) is 8.42 Å². The molecule has 0 unspecified atom stereocenters. The molecule has 0 saturated carbocycles. The Hall–Kier alpha value is -1.29. The third-order valence-corrected chi connectivity index (χ3v) is 7.53. The van der Waals surface area contributed by atoms with Crippen LogP contribution in [-0.2, 0) is 17.1 Å². The van der Waals surface area contributed by atoms with Crippen LogP contribution >= 0.6 is 22.7 Å². The van der Waals surface area contributed by atoms with Crippen LogP contribution in [0.5, 0.6) is 0 Å². The van der Waals surface area contributed by atoms with Crippen molar-refractivity contribution in [1.29, 1.82) is 0 Å². The third-order valence-electron chi connectivity index (χ3n) is 3.71. The monoisotopic (exact) mass is 371 g/mol. The molecule has 0 atom stereocenters. The van der Waals surface area contributed by atoms with Crippen molar-refractivity contribution in [2.45, 2.75) is 24.2 Å². The Labute approximate surface area is 142 Å². The number of hydrogen-bond donors (Lipinski definition) is 0. The number of amides is 1. The molecule has 0 bridgehead atoms. The van der Waals surface area contributed by atoms with E-state index in [-0.39, 0.29) is 9.77 Å². The first kappa shape index (κ1) is 16.6. The number of hydrogen-bond acceptors (Lipinski definition) is 5. The number of thiazole rings is 1. The number of piperidine rings is 1. The van der Waals surface area contributed by atoms with Gasteiger partial charge in [-0.15, -0.1) is 22.7 Å². The molecule has 1 amide bonds. The highest BCUT2D eigenvalue weighted by Gasteiger charge is 2.30. The summed E-state index contributed by atoms with van der Waals surface area (Å²) in [6.45, 7) is 1.03. The SMILES string of the molecule is Cn1ccsc1=NC(=O)c1sccc1S(=O)(=O)N1CCCCC1. The molecule has 6 nitrogen and oxygen atoms in total. The lowest BCUT2D eigenvalue weighted by molar-refractivity contribution is 0.0998. The van der Waals surface area contributed by atoms with Crippen molar-refractivity contribution in [2.75, 3.05) is 13.1 Å². The fourth-order valence-corrected chi connectivity index (χ4v) is 6.00. The first-order chi connectivity index (χ1) is 11.0. The van der Waals surface area contributed by atoms with E-state index in [2.05, 4.69) is 4.99 Å². The Bertz CT molecular complexity index is 870. The van der Waals surface area contributed by atoms with Crippen LogP contribution in [0.15, 0.2) is 32.9 Å². The Morgan fingerprint density at radius 1 is 1.17 bits per heavy atom. The van der Waals surface area contributed by atoms with Crippen LogP contribution in [-0.4, -0.2) is 36.3 Å². The number of rotatable bonds is 3. The van der Waals surface area contributed by atoms with Crippen LogP contribution in [0, 0.1) is 0 Å². The zero-order valence-corrected chi connectivity index (χ0v) is 15.1. The molecule has 124 valence electrons. The van der Waals surface area contributed by atoms with Gasteiger partial charge in [0.05, 0.1) is 0 Å². The lowest BCUT2D eigenvalue weighted by Crippen LogP contribution is -2.36. The van der Waals surface area contributed by atoms with Gasteiger partial charge in [0.25, 0.3) is 5.91 Å². The van der Waals surface area contributed by atoms with Crippen LogP contribution < -0.4 is 4.80 Å². The molecule has 3 heterocycles. The number of sulfonamides is 1. The highest BCUT2D eigenvalue weighted by Crippen LogP contribution is 2.27. The van der Waals surface area contributed by atoms with E-state index >= 15 is 0 Å². The molecule has 1 fully saturated rings. The van der Waals surface area contributed by atoms with Crippen LogP contribution in [0.25, 0.3) is 0 Å². The van der Waals surface area contributed by atoms with Gasteiger partial charge in [-0.2, -0.15) is 9.30 Å². The van der Waals surface area contributed by atoms with E-state index in [1.165, 1.54) is 21.7 Å². The largest absolute Gasteiger partial charge is 0.327 e. The summed E-state index contributed by atoms with van der Waals surface area (Å²) in [6.07, 6.45) is 4.58. The average molecular weight is 372 g/mol. The molecule has 2 aromatic rings. The second-order valence-electron chi connectivity index (χ2n) is 5.29. The fraction of sp³-hybridized carbons (Fsp3) is 0.429. The van der Waals surface area contributed by atoms with Crippen molar-refractivity contribution in [1.82, 2.24) is 8.87 Å². The van der Waals surface area contributed by atoms with E-state index in [9.17, 15) is 13.2 Å². The van der Waals surface area contributed by atoms with Gasteiger partial charge in [-0.05, 0) is 24.3 Å². The third kappa shape index (κ3) is 3.32. The van der Waals surface area contributed by atoms with Crippen LogP contribution in [0.1, 0.15) is 28.9 Å². The molecular weight excluding hydrogens is 354 g/mol. The number of nitrogens with zero attached hydrogens (tertiary/aromatic N) is 3. The lowest BCUT2D eigenvalue weighted by Gasteiger charge is -2.25. The minimum atomic E-state index is -3.62. The number of carbonyl (C=O) groups excluding carboxylic acids is 1. The summed E-state index contributed by atoms with van der Waals surface area (Å²) in [6, 6.07) is 1.51. The standard InChI is InChI=1S/C14H17N3O3S3/c1-16-8-10-22-14(16)15-13(18)12-11(5-9-21-12)23(19,20)17-6-3-2-4-7-17/h5,8-10H,2-4,6-7H2,1H3. The summed E-state index contributed by atoms with van der Waals surface area (Å²) >= 11 is 2.46. The zero-order chi connectivity index (χ0) is 16.4. The van der Waals surface area contributed by atoms with Crippen molar-refractivity contribution in [2.24, 2.45) is 12.0 Å². The molecule has 9 heteroatoms. The highest BCUT2D eigenvalue weighted by molar-refractivity contribution is 7.89. The maximum absolute atomic E-state index is 12.8. The molecule has 2 aromatic heterocycles. The van der Waals surface area contributed by atoms with E-state index in [0.29, 0.717) is 17.9 Å². The van der Waals surface area contributed by atoms with Crippen LogP contribution in [0.4, 0.5) is 0 Å². The smallest absolute Gasteiger partial charge is 0.291 e. The van der Waals surface area contributed by atoms with Gasteiger partial charge in [0.15, 0.2) is 4.80 Å². The Morgan fingerprint density at radius 3 is 2.57 bits per heavy atom. The molecule has 0 N–H and O–H groups in total. The molecule has 1 aliphatic rings. The van der Waals surface area contributed by atoms with Crippen molar-refractivity contribution in [3.05, 3.63) is 32.7 Å². The van der Waals surface area contributed by atoms with E-state index < -0.39 is 15.9 Å². The molecule has 0 spiro atoms. The van der Waals surface area contributed by atoms with E-state index in [4.69, 9.17) is 0 Å². The predicted molar refractivity (Wildman–Crippen MR) is 90.1 cm³/mol. The lowest BCUT2D eigenvalue weighted by atomic mass is 10.2. The number of carbonyl (C=O) groups is 1. The maximum Gasteiger partial charge on any atom is 0.291 e. The molecule has 0 radical (unpaired) electrons. The number of aryl methyl sites for hydroxylation is 1. The fourth-order valence-electron chi connectivity index (χ4n) is 2.47. The van der Waals surface area contributed by atoms with Crippen LogP contribution in [0.3, 0.4) is 0 Å². The molecule has 0 aromatic carbocycles. The second kappa shape index (κ2) is 6.68. The van der Waals surface area contributed by atoms with Crippen molar-refractivity contribution in [3.8, 4) is 0 Å². The summed E-state index contributed by atoms with van der Waals surface area (Å²) in [5, 5.41) is 3.46. The van der Waals surface area contributed by atoms with Crippen molar-refractivity contribution < 1.29 is 13.2 Å². The molecule has 3 rings (SSSR count). The Balaban J connectivity index is 1.96. The summed E-state index contributed by atoms with van der Waals surface area (Å²) in [4.78, 5) is 17.3. The van der Waals surface area contributed by atoms with Gasteiger partial charge in [-0.1, -0.05) is 6.42 Å². The van der Waals surface area contributed by atoms with Gasteiger partial charge >= 0.3 is 0 Å². The van der Waals surface area contributed by atoms with Crippen molar-refractivity contribution >= 4 is 38.6 Å². The summed E-state index contributed by atoms with van der Waals surface area (Å²) in [5.74, 6) is -0.506. The highest BCUT2D eigenvalue weighted by atomic mass is 32.2. The van der Waals surface area contributed by atoms with E-state index in [1.54, 1.807) is 23.2 Å². The zero-order valence-electron chi connectivity index (χ0n) is 12.6. The van der Waals surface area contributed by atoms with E-state index in [0.717, 1.165) is 30.6 Å². The predicted octanol–water partition coefficient (Wildman–Crippen LogP) is 2.06. The Morgan fingerprint density at radius 2 is 1.91 bits per heavy atom. The maximum atomic E-state index is 12.8. The Kier molecular flexibility index (Phi) is 4.81. The summed E-state index contributed by atoms with van der Waals surface area (Å²) in [7, 11) is -1.83. The second-order valence-corrected chi connectivity index (χ2v) is 8.99. The van der Waals surface area contributed by atoms with Crippen LogP contribution in [0.2, 0.25) is 0 Å². The summed E-state index contributed by atoms with van der Waals surface area (Å²) < 4.78 is 28.8. The van der Waals surface area contributed by atoms with Gasteiger partial charge in [0.1, 0.15) is 9.77 Å². The van der Waals surface area contributed by atoms with Gasteiger partial charge in [0.2, 0.25) is 10.0 Å². The number of thiophene rings is 1. The van der Waals surface area contributed by atoms with Gasteiger partial charge in [0, 0.05) is 31.7 Å². The number of aromatic nitrogens is 1. The first-order valence-corrected chi connectivity index (χ1v) is 10.5. The summed E-state index contributed by atoms with van der Waals surface area (Å²) in [5.41, 5.74) is 0. The normalized spacial score (nSPS) is 17.5. The minimum absolute atomic E-state index is 0.0809. The van der Waals surface area contributed by atoms with Gasteiger partial charge < -0.3 is 4.57 Å². The molecule has 1 saturated heterocycles. The quantitative estimate of drug-likeness (QED) is 0.829. The molecule has 23 heavy (non-hydrogen) atoms. The first-order valence-electron chi connectivity index (χ1n) is 7.27.